The van der Waals surface area contributed by atoms with E-state index in [1.807, 2.05) is 0 Å². The first kappa shape index (κ1) is 19.9. The molecular formula is C17H21N5O5. The number of anilines is 1. The molecule has 0 unspecified atom stereocenters. The quantitative estimate of drug-likeness (QED) is 0.490. The minimum Gasteiger partial charge on any atom is -0.443 e. The number of rotatable bonds is 6. The van der Waals surface area contributed by atoms with Crippen LogP contribution in [0.1, 0.15) is 31.1 Å². The number of amides is 4. The lowest BCUT2D eigenvalue weighted by molar-refractivity contribution is -0.136. The van der Waals surface area contributed by atoms with Crippen molar-refractivity contribution in [3.05, 3.63) is 36.0 Å². The fourth-order valence-corrected chi connectivity index (χ4v) is 2.06. The van der Waals surface area contributed by atoms with Gasteiger partial charge >= 0.3 is 6.09 Å². The monoisotopic (exact) mass is 375 g/mol. The molecule has 4 amide bonds. The van der Waals surface area contributed by atoms with Crippen molar-refractivity contribution >= 4 is 29.6 Å². The van der Waals surface area contributed by atoms with E-state index in [1.54, 1.807) is 20.8 Å². The molecule has 1 aliphatic rings. The van der Waals surface area contributed by atoms with Gasteiger partial charge in [-0.2, -0.15) is 0 Å². The molecule has 0 aromatic carbocycles. The zero-order chi connectivity index (χ0) is 20.0. The third-order valence-electron chi connectivity index (χ3n) is 3.24. The number of imide groups is 1. The number of hydrazine groups is 1. The highest BCUT2D eigenvalue weighted by molar-refractivity contribution is 6.12. The van der Waals surface area contributed by atoms with Gasteiger partial charge in [0.2, 0.25) is 0 Å². The normalized spacial score (nSPS) is 13.5. The van der Waals surface area contributed by atoms with Crippen molar-refractivity contribution in [3.8, 4) is 0 Å². The molecule has 0 radical (unpaired) electrons. The number of pyridine rings is 1. The summed E-state index contributed by atoms with van der Waals surface area (Å²) in [5, 5.41) is 2.60. The summed E-state index contributed by atoms with van der Waals surface area (Å²) in [6.07, 6.45) is 3.03. The van der Waals surface area contributed by atoms with Crippen molar-refractivity contribution in [1.82, 2.24) is 20.6 Å². The van der Waals surface area contributed by atoms with E-state index < -0.39 is 29.4 Å². The van der Waals surface area contributed by atoms with Crippen LogP contribution in [-0.2, 0) is 14.3 Å². The Labute approximate surface area is 155 Å². The predicted octanol–water partition coefficient (Wildman–Crippen LogP) is 0.588. The van der Waals surface area contributed by atoms with Crippen LogP contribution in [0.5, 0.6) is 0 Å². The highest BCUT2D eigenvalue weighted by Gasteiger charge is 2.22. The number of carbonyl (C=O) groups excluding carboxylic acids is 4. The summed E-state index contributed by atoms with van der Waals surface area (Å²) in [6, 6.07) is 3.01. The van der Waals surface area contributed by atoms with Gasteiger partial charge in [0.1, 0.15) is 11.4 Å². The molecule has 10 heteroatoms. The molecule has 3 N–H and O–H groups in total. The number of ether oxygens (including phenoxy) is 1. The van der Waals surface area contributed by atoms with Crippen LogP contribution in [0.3, 0.4) is 0 Å². The maximum Gasteiger partial charge on any atom is 0.426 e. The van der Waals surface area contributed by atoms with Gasteiger partial charge in [-0.3, -0.25) is 24.7 Å². The smallest absolute Gasteiger partial charge is 0.426 e. The molecule has 0 atom stereocenters. The molecule has 1 aromatic rings. The average Bonchev–Trinajstić information content (AvgIpc) is 2.91. The van der Waals surface area contributed by atoms with Gasteiger partial charge in [0, 0.05) is 31.4 Å². The van der Waals surface area contributed by atoms with Crippen LogP contribution in [0, 0.1) is 0 Å². The summed E-state index contributed by atoms with van der Waals surface area (Å²) >= 11 is 0. The molecule has 0 bridgehead atoms. The van der Waals surface area contributed by atoms with E-state index in [9.17, 15) is 19.2 Å². The van der Waals surface area contributed by atoms with E-state index in [2.05, 4.69) is 21.2 Å². The zero-order valence-electron chi connectivity index (χ0n) is 15.2. The molecule has 2 rings (SSSR count). The van der Waals surface area contributed by atoms with Crippen molar-refractivity contribution in [2.24, 2.45) is 0 Å². The Morgan fingerprint density at radius 1 is 1.15 bits per heavy atom. The van der Waals surface area contributed by atoms with Crippen LogP contribution in [0.25, 0.3) is 0 Å². The minimum atomic E-state index is -0.661. The molecule has 0 spiro atoms. The van der Waals surface area contributed by atoms with Crippen molar-refractivity contribution in [2.75, 3.05) is 18.5 Å². The highest BCUT2D eigenvalue weighted by atomic mass is 16.6. The lowest BCUT2D eigenvalue weighted by Crippen LogP contribution is -2.38. The summed E-state index contributed by atoms with van der Waals surface area (Å²) in [5.74, 6) is -0.884. The van der Waals surface area contributed by atoms with Gasteiger partial charge in [0.15, 0.2) is 0 Å². The number of aromatic nitrogens is 1. The van der Waals surface area contributed by atoms with E-state index in [0.29, 0.717) is 5.82 Å². The lowest BCUT2D eigenvalue weighted by Gasteiger charge is -2.19. The maximum atomic E-state index is 12.1. The first-order valence-corrected chi connectivity index (χ1v) is 8.18. The van der Waals surface area contributed by atoms with Crippen LogP contribution in [0.15, 0.2) is 30.5 Å². The summed E-state index contributed by atoms with van der Waals surface area (Å²) < 4.78 is 5.06. The molecule has 0 saturated heterocycles. The largest absolute Gasteiger partial charge is 0.443 e. The molecular weight excluding hydrogens is 354 g/mol. The third kappa shape index (κ3) is 6.10. The van der Waals surface area contributed by atoms with Gasteiger partial charge in [0.25, 0.3) is 17.7 Å². The van der Waals surface area contributed by atoms with E-state index in [4.69, 9.17) is 4.74 Å². The van der Waals surface area contributed by atoms with E-state index in [0.717, 1.165) is 4.90 Å². The molecule has 1 aliphatic heterocycles. The topological polar surface area (TPSA) is 130 Å². The molecule has 0 saturated carbocycles. The molecule has 2 heterocycles. The van der Waals surface area contributed by atoms with Crippen molar-refractivity contribution < 1.29 is 23.9 Å². The molecule has 1 aromatic heterocycles. The number of carbonyl (C=O) groups is 4. The van der Waals surface area contributed by atoms with Gasteiger partial charge in [-0.15, -0.1) is 0 Å². The van der Waals surface area contributed by atoms with Gasteiger partial charge in [0.05, 0.1) is 5.56 Å². The minimum absolute atomic E-state index is 0.0866. The number of hydrogen-bond donors (Lipinski definition) is 3. The molecule has 10 nitrogen and oxygen atoms in total. The van der Waals surface area contributed by atoms with Crippen molar-refractivity contribution in [3.63, 3.8) is 0 Å². The third-order valence-corrected chi connectivity index (χ3v) is 3.24. The van der Waals surface area contributed by atoms with Crippen LogP contribution in [-0.4, -0.2) is 52.4 Å². The summed E-state index contributed by atoms with van der Waals surface area (Å²) in [7, 11) is 0. The molecule has 0 fully saturated rings. The Bertz CT molecular complexity index is 749. The second-order valence-corrected chi connectivity index (χ2v) is 6.60. The summed E-state index contributed by atoms with van der Waals surface area (Å²) in [6.45, 7) is 5.43. The van der Waals surface area contributed by atoms with E-state index >= 15 is 0 Å². The fourth-order valence-electron chi connectivity index (χ4n) is 2.06. The fraction of sp³-hybridized carbons (Fsp3) is 0.353. The molecule has 144 valence electrons. The zero-order valence-corrected chi connectivity index (χ0v) is 15.2. The predicted molar refractivity (Wildman–Crippen MR) is 95.4 cm³/mol. The maximum absolute atomic E-state index is 12.1. The Balaban J connectivity index is 1.77. The second kappa shape index (κ2) is 8.30. The molecule has 27 heavy (non-hydrogen) atoms. The standard InChI is InChI=1S/C17H21N5O5/c1-17(2,3)27-16(26)21-20-12-5-4-11(10-19-12)15(25)18-8-9-22-13(23)6-7-14(22)24/h4-7,10H,8-9H2,1-3H3,(H,18,25)(H,19,20)(H,21,26). The van der Waals surface area contributed by atoms with Crippen LogP contribution >= 0.6 is 0 Å². The van der Waals surface area contributed by atoms with Crippen LogP contribution in [0.2, 0.25) is 0 Å². The number of hydrogen-bond acceptors (Lipinski definition) is 7. The summed E-state index contributed by atoms with van der Waals surface area (Å²) in [4.78, 5) is 51.4. The number of nitrogens with zero attached hydrogens (tertiary/aromatic N) is 2. The van der Waals surface area contributed by atoms with Crippen LogP contribution < -0.4 is 16.2 Å². The van der Waals surface area contributed by atoms with Gasteiger partial charge in [-0.25, -0.2) is 15.2 Å². The Kier molecular flexibility index (Phi) is 6.11. The Morgan fingerprint density at radius 3 is 2.37 bits per heavy atom. The highest BCUT2D eigenvalue weighted by Crippen LogP contribution is 2.08. The summed E-state index contributed by atoms with van der Waals surface area (Å²) in [5.41, 5.74) is 4.56. The van der Waals surface area contributed by atoms with Crippen LogP contribution in [0.4, 0.5) is 10.6 Å². The first-order chi connectivity index (χ1) is 12.7. The van der Waals surface area contributed by atoms with Gasteiger partial charge < -0.3 is 10.1 Å². The van der Waals surface area contributed by atoms with Gasteiger partial charge in [-0.05, 0) is 32.9 Å². The average molecular weight is 375 g/mol. The SMILES string of the molecule is CC(C)(C)OC(=O)NNc1ccc(C(=O)NCCN2C(=O)C=CC2=O)cn1. The van der Waals surface area contributed by atoms with Crippen molar-refractivity contribution in [2.45, 2.75) is 26.4 Å². The Hall–Kier alpha value is -3.43. The second-order valence-electron chi connectivity index (χ2n) is 6.60. The number of nitrogens with one attached hydrogen (secondary N) is 3. The van der Waals surface area contributed by atoms with E-state index in [-0.39, 0.29) is 18.7 Å². The first-order valence-electron chi connectivity index (χ1n) is 8.18. The Morgan fingerprint density at radius 2 is 1.81 bits per heavy atom. The van der Waals surface area contributed by atoms with Gasteiger partial charge in [-0.1, -0.05) is 0 Å². The van der Waals surface area contributed by atoms with E-state index in [1.165, 1.54) is 30.5 Å². The van der Waals surface area contributed by atoms with Crippen molar-refractivity contribution in [1.29, 1.82) is 0 Å². The lowest BCUT2D eigenvalue weighted by atomic mass is 10.2. The molecule has 0 aliphatic carbocycles.